The summed E-state index contributed by atoms with van der Waals surface area (Å²) in [5, 5.41) is 10.1. The van der Waals surface area contributed by atoms with E-state index in [1.54, 1.807) is 11.1 Å². The Kier molecular flexibility index (Phi) is 8.35. The van der Waals surface area contributed by atoms with Gasteiger partial charge in [-0.1, -0.05) is 146 Å². The van der Waals surface area contributed by atoms with Gasteiger partial charge in [0.25, 0.3) is 0 Å². The third-order valence-corrected chi connectivity index (χ3v) is 17.9. The Balaban J connectivity index is 0.912. The monoisotopic (exact) mass is 909 g/mol. The zero-order valence-electron chi connectivity index (χ0n) is 39.5. The molecule has 0 radical (unpaired) electrons. The first-order valence-electron chi connectivity index (χ1n) is 25.9. The second kappa shape index (κ2) is 14.9. The Hall–Kier alpha value is -8.14. The molecule has 3 nitrogen and oxygen atoms in total. The van der Waals surface area contributed by atoms with Gasteiger partial charge in [-0.3, -0.25) is 0 Å². The molecule has 71 heavy (non-hydrogen) atoms. The molecule has 4 saturated carbocycles. The summed E-state index contributed by atoms with van der Waals surface area (Å²) in [5.74, 6) is 3.21. The normalized spacial score (nSPS) is 20.7. The third-order valence-electron chi connectivity index (χ3n) is 17.9. The zero-order chi connectivity index (χ0) is 46.4. The van der Waals surface area contributed by atoms with Crippen molar-refractivity contribution in [1.29, 1.82) is 0 Å². The highest BCUT2D eigenvalue weighted by atomic mass is 15.2. The third kappa shape index (κ3) is 5.49. The molecule has 0 atom stereocenters. The van der Waals surface area contributed by atoms with Crippen LogP contribution < -0.4 is 9.80 Å². The van der Waals surface area contributed by atoms with Gasteiger partial charge in [-0.25, -0.2) is 0 Å². The van der Waals surface area contributed by atoms with Gasteiger partial charge in [-0.15, -0.1) is 0 Å². The van der Waals surface area contributed by atoms with E-state index >= 15 is 0 Å². The van der Waals surface area contributed by atoms with Crippen LogP contribution in [0.2, 0.25) is 0 Å². The first-order chi connectivity index (χ1) is 35.2. The van der Waals surface area contributed by atoms with E-state index in [0.29, 0.717) is 11.8 Å². The van der Waals surface area contributed by atoms with Crippen LogP contribution in [-0.4, -0.2) is 4.57 Å². The number of hydrogen-bond acceptors (Lipinski definition) is 2. The van der Waals surface area contributed by atoms with Crippen LogP contribution in [0.25, 0.3) is 70.9 Å². The van der Waals surface area contributed by atoms with Crippen LogP contribution in [0.5, 0.6) is 0 Å². The summed E-state index contributed by atoms with van der Waals surface area (Å²) in [6, 6.07) is 84.6. The molecule has 0 saturated heterocycles. The lowest BCUT2D eigenvalue weighted by Crippen LogP contribution is -2.55. The number of anilines is 6. The number of benzene rings is 11. The van der Waals surface area contributed by atoms with Gasteiger partial charge in [-0.2, -0.15) is 0 Å². The summed E-state index contributed by atoms with van der Waals surface area (Å²) in [6.07, 6.45) is 6.95. The lowest BCUT2D eigenvalue weighted by Gasteiger charge is -2.61. The zero-order valence-corrected chi connectivity index (χ0v) is 39.5. The molecule has 0 N–H and O–H groups in total. The number of nitrogens with zero attached hydrogens (tertiary/aromatic N) is 3. The van der Waals surface area contributed by atoms with Crippen molar-refractivity contribution >= 4 is 88.2 Å². The van der Waals surface area contributed by atoms with Gasteiger partial charge in [0.05, 0.1) is 28.1 Å². The summed E-state index contributed by atoms with van der Waals surface area (Å²) >= 11 is 0. The van der Waals surface area contributed by atoms with E-state index in [-0.39, 0.29) is 5.41 Å². The smallest absolute Gasteiger partial charge is 0.0543 e. The van der Waals surface area contributed by atoms with Crippen molar-refractivity contribution in [3.05, 3.63) is 236 Å². The van der Waals surface area contributed by atoms with Gasteiger partial charge in [0, 0.05) is 55.3 Å². The van der Waals surface area contributed by atoms with Gasteiger partial charge in [0.1, 0.15) is 0 Å². The SMILES string of the molecule is c1ccc(N(c2ccc3c(c2)c2ccccc2n3-c2ccccc2)c2ccc3ccc4c(N(c5ccccc5)c5cccc6c5-c5ccccc5C65C6CC7CC(C6)CC5C7)ccc5ccc2c3c54)cc1. The molecule has 1 aromatic heterocycles. The molecule has 1 heterocycles. The molecule has 3 heteroatoms. The Morgan fingerprint density at radius 2 is 0.915 bits per heavy atom. The Bertz CT molecular complexity index is 4050. The molecule has 0 aliphatic heterocycles. The molecular formula is C68H51N3. The van der Waals surface area contributed by atoms with Gasteiger partial charge < -0.3 is 14.4 Å². The van der Waals surface area contributed by atoms with Crippen molar-refractivity contribution in [2.75, 3.05) is 9.80 Å². The molecule has 17 rings (SSSR count). The van der Waals surface area contributed by atoms with Crippen LogP contribution in [0.15, 0.2) is 224 Å². The highest BCUT2D eigenvalue weighted by molar-refractivity contribution is 6.28. The maximum Gasteiger partial charge on any atom is 0.0543 e. The van der Waals surface area contributed by atoms with E-state index in [2.05, 4.69) is 239 Å². The predicted molar refractivity (Wildman–Crippen MR) is 297 cm³/mol. The summed E-state index contributed by atoms with van der Waals surface area (Å²) in [7, 11) is 0. The van der Waals surface area contributed by atoms with Crippen molar-refractivity contribution in [2.24, 2.45) is 23.7 Å². The van der Waals surface area contributed by atoms with Crippen LogP contribution in [0.3, 0.4) is 0 Å². The first-order valence-corrected chi connectivity index (χ1v) is 25.9. The van der Waals surface area contributed by atoms with Gasteiger partial charge in [0.2, 0.25) is 0 Å². The molecule has 5 aliphatic rings. The van der Waals surface area contributed by atoms with E-state index in [1.807, 2.05) is 0 Å². The molecule has 11 aromatic carbocycles. The van der Waals surface area contributed by atoms with Crippen LogP contribution in [-0.2, 0) is 5.41 Å². The van der Waals surface area contributed by atoms with E-state index in [0.717, 1.165) is 34.6 Å². The molecule has 4 fully saturated rings. The number of rotatable bonds is 7. The minimum Gasteiger partial charge on any atom is -0.310 e. The minimum atomic E-state index is 0.0882. The molecular weight excluding hydrogens is 859 g/mol. The summed E-state index contributed by atoms with van der Waals surface area (Å²) in [4.78, 5) is 5.08. The first kappa shape index (κ1) is 39.7. The van der Waals surface area contributed by atoms with Crippen LogP contribution in [0.4, 0.5) is 34.1 Å². The lowest BCUT2D eigenvalue weighted by molar-refractivity contribution is -0.0399. The van der Waals surface area contributed by atoms with E-state index < -0.39 is 0 Å². The van der Waals surface area contributed by atoms with Crippen molar-refractivity contribution in [1.82, 2.24) is 4.57 Å². The number of para-hydroxylation sites is 4. The predicted octanol–water partition coefficient (Wildman–Crippen LogP) is 18.3. The molecule has 338 valence electrons. The van der Waals surface area contributed by atoms with Crippen LogP contribution >= 0.6 is 0 Å². The summed E-state index contributed by atoms with van der Waals surface area (Å²) in [5.41, 5.74) is 16.8. The van der Waals surface area contributed by atoms with Crippen LogP contribution in [0.1, 0.15) is 43.2 Å². The minimum absolute atomic E-state index is 0.0882. The summed E-state index contributed by atoms with van der Waals surface area (Å²) < 4.78 is 2.40. The molecule has 5 aliphatic carbocycles. The number of fused-ring (bicyclic) bond motifs is 6. The van der Waals surface area contributed by atoms with Gasteiger partial charge in [-0.05, 0) is 173 Å². The average molecular weight is 910 g/mol. The van der Waals surface area contributed by atoms with Gasteiger partial charge in [0.15, 0.2) is 0 Å². The second-order valence-electron chi connectivity index (χ2n) is 21.2. The second-order valence-corrected chi connectivity index (χ2v) is 21.2. The Morgan fingerprint density at radius 1 is 0.366 bits per heavy atom. The largest absolute Gasteiger partial charge is 0.310 e. The van der Waals surface area contributed by atoms with Crippen molar-refractivity contribution in [3.63, 3.8) is 0 Å². The van der Waals surface area contributed by atoms with Gasteiger partial charge >= 0.3 is 0 Å². The van der Waals surface area contributed by atoms with E-state index in [9.17, 15) is 0 Å². The van der Waals surface area contributed by atoms with Crippen molar-refractivity contribution in [2.45, 2.75) is 37.5 Å². The average Bonchev–Trinajstić information content (AvgIpc) is 3.92. The standard InChI is InChI=1S/C68H51N3/c1-4-15-49(16-5-1)69(52-31-36-63-57(42-52)53-21-11-13-25-60(53)70(63)50-17-6-2-7-18-50)61-34-29-45-28-33-56-62(35-30-46-27-32-55(61)65(45)66(46)56)71(51-19-8-3-9-20-51)64-26-14-24-59-67(64)54-22-10-12-23-58(54)68(59)47-38-43-37-44(40-47)41-48(68)39-43/h1-36,42-44,47-48H,37-41H2. The molecule has 0 unspecified atom stereocenters. The Labute approximate surface area is 414 Å². The molecule has 0 amide bonds. The highest BCUT2D eigenvalue weighted by Gasteiger charge is 2.62. The van der Waals surface area contributed by atoms with Crippen molar-refractivity contribution in [3.8, 4) is 16.8 Å². The number of hydrogen-bond donors (Lipinski definition) is 0. The Morgan fingerprint density at radius 3 is 1.61 bits per heavy atom. The van der Waals surface area contributed by atoms with E-state index in [4.69, 9.17) is 0 Å². The van der Waals surface area contributed by atoms with E-state index in [1.165, 1.54) is 114 Å². The van der Waals surface area contributed by atoms with Crippen molar-refractivity contribution < 1.29 is 0 Å². The fourth-order valence-corrected chi connectivity index (χ4v) is 15.5. The topological polar surface area (TPSA) is 11.4 Å². The lowest BCUT2D eigenvalue weighted by atomic mass is 9.43. The maximum atomic E-state index is 2.61. The fourth-order valence-electron chi connectivity index (χ4n) is 15.5. The molecule has 1 spiro atoms. The fraction of sp³-hybridized carbons (Fsp3) is 0.147. The molecule has 12 aromatic rings. The molecule has 4 bridgehead atoms. The summed E-state index contributed by atoms with van der Waals surface area (Å²) in [6.45, 7) is 0. The van der Waals surface area contributed by atoms with Crippen LogP contribution in [0, 0.1) is 23.7 Å². The quantitative estimate of drug-likeness (QED) is 0.148. The maximum absolute atomic E-state index is 2.61. The highest BCUT2D eigenvalue weighted by Crippen LogP contribution is 2.70. The number of aromatic nitrogens is 1.